The third kappa shape index (κ3) is 3.75. The first-order valence-electron chi connectivity index (χ1n) is 6.96. The minimum absolute atomic E-state index is 0.230. The molecule has 0 aliphatic rings. The zero-order valence-electron chi connectivity index (χ0n) is 12.6. The van der Waals surface area contributed by atoms with Crippen LogP contribution in [0.25, 0.3) is 10.8 Å². The highest BCUT2D eigenvalue weighted by Gasteiger charge is 2.13. The van der Waals surface area contributed by atoms with Crippen molar-refractivity contribution >= 4 is 11.3 Å². The van der Waals surface area contributed by atoms with Crippen LogP contribution in [0.1, 0.15) is 11.5 Å². The fourth-order valence-corrected chi connectivity index (χ4v) is 2.57. The van der Waals surface area contributed by atoms with Crippen LogP contribution in [0.15, 0.2) is 47.0 Å². The van der Waals surface area contributed by atoms with Gasteiger partial charge >= 0.3 is 0 Å². The van der Waals surface area contributed by atoms with Crippen LogP contribution in [0, 0.1) is 6.92 Å². The minimum Gasteiger partial charge on any atom is -0.490 e. The van der Waals surface area contributed by atoms with Gasteiger partial charge in [0.1, 0.15) is 23.0 Å². The first-order chi connectivity index (χ1) is 11.3. The molecule has 0 unspecified atom stereocenters. The third-order valence-corrected chi connectivity index (χ3v) is 3.88. The van der Waals surface area contributed by atoms with E-state index in [0.717, 1.165) is 16.3 Å². The lowest BCUT2D eigenvalue weighted by molar-refractivity contribution is 0.286. The minimum atomic E-state index is 0.230. The van der Waals surface area contributed by atoms with E-state index in [0.29, 0.717) is 24.1 Å². The zero-order valence-corrected chi connectivity index (χ0v) is 13.4. The fraction of sp³-hybridized carbons (Fsp3) is 0.188. The molecule has 7 heteroatoms. The Morgan fingerprint density at radius 1 is 1.22 bits per heavy atom. The molecule has 0 bridgehead atoms. The highest BCUT2D eigenvalue weighted by atomic mass is 32.1. The van der Waals surface area contributed by atoms with Gasteiger partial charge in [0.15, 0.2) is 6.61 Å². The van der Waals surface area contributed by atoms with Crippen molar-refractivity contribution in [3.63, 3.8) is 0 Å². The monoisotopic (exact) mass is 329 g/mol. The Bertz CT molecular complexity index is 780. The molecule has 0 N–H and O–H groups in total. The number of aryl methyl sites for hydroxylation is 1. The van der Waals surface area contributed by atoms with E-state index in [1.54, 1.807) is 11.6 Å². The van der Waals surface area contributed by atoms with E-state index in [4.69, 9.17) is 14.0 Å². The number of thiazole rings is 1. The number of nitrogens with zero attached hydrogens (tertiary/aromatic N) is 3. The van der Waals surface area contributed by atoms with Gasteiger partial charge in [-0.1, -0.05) is 17.8 Å². The van der Waals surface area contributed by atoms with Crippen LogP contribution < -0.4 is 9.47 Å². The smallest absolute Gasteiger partial charge is 0.270 e. The van der Waals surface area contributed by atoms with Crippen LogP contribution in [-0.2, 0) is 6.61 Å². The molecular weight excluding hydrogens is 314 g/mol. The quantitative estimate of drug-likeness (QED) is 0.616. The number of rotatable bonds is 7. The summed E-state index contributed by atoms with van der Waals surface area (Å²) >= 11 is 1.47. The van der Waals surface area contributed by atoms with Gasteiger partial charge in [0.05, 0.1) is 11.2 Å². The van der Waals surface area contributed by atoms with Gasteiger partial charge in [-0.3, -0.25) is 0 Å². The SMILES string of the molecule is C=CCOc1ccc(OCc2noc(-c3scnc3C)n2)cc1. The zero-order chi connectivity index (χ0) is 16.1. The van der Waals surface area contributed by atoms with E-state index in [9.17, 15) is 0 Å². The Balaban J connectivity index is 1.59. The van der Waals surface area contributed by atoms with Crippen LogP contribution in [0.5, 0.6) is 11.5 Å². The van der Waals surface area contributed by atoms with Gasteiger partial charge in [0.25, 0.3) is 5.89 Å². The predicted molar refractivity (Wildman–Crippen MR) is 86.6 cm³/mol. The summed E-state index contributed by atoms with van der Waals surface area (Å²) in [6, 6.07) is 7.32. The second-order valence-electron chi connectivity index (χ2n) is 4.64. The van der Waals surface area contributed by atoms with Crippen LogP contribution >= 0.6 is 11.3 Å². The number of aromatic nitrogens is 3. The summed E-state index contributed by atoms with van der Waals surface area (Å²) < 4.78 is 16.3. The van der Waals surface area contributed by atoms with Crippen molar-refractivity contribution in [2.75, 3.05) is 6.61 Å². The lowest BCUT2D eigenvalue weighted by Crippen LogP contribution is -1.98. The molecule has 0 saturated heterocycles. The van der Waals surface area contributed by atoms with Crippen molar-refractivity contribution in [3.05, 3.63) is 53.9 Å². The standard InChI is InChI=1S/C16H15N3O3S/c1-3-8-20-12-4-6-13(7-5-12)21-9-14-18-16(22-19-14)15-11(2)17-10-23-15/h3-7,10H,1,8-9H2,2H3. The number of ether oxygens (including phenoxy) is 2. The first kappa shape index (κ1) is 15.2. The van der Waals surface area contributed by atoms with Crippen molar-refractivity contribution in [3.8, 4) is 22.3 Å². The van der Waals surface area contributed by atoms with Crippen molar-refractivity contribution in [2.45, 2.75) is 13.5 Å². The van der Waals surface area contributed by atoms with Crippen LogP contribution in [0.4, 0.5) is 0 Å². The van der Waals surface area contributed by atoms with Crippen LogP contribution in [-0.4, -0.2) is 21.7 Å². The Hall–Kier alpha value is -2.67. The summed E-state index contributed by atoms with van der Waals surface area (Å²) in [4.78, 5) is 9.37. The van der Waals surface area contributed by atoms with E-state index in [1.807, 2.05) is 31.2 Å². The molecule has 0 aliphatic carbocycles. The fourth-order valence-electron chi connectivity index (χ4n) is 1.85. The molecule has 0 radical (unpaired) electrons. The summed E-state index contributed by atoms with van der Waals surface area (Å²) in [6.45, 7) is 6.22. The van der Waals surface area contributed by atoms with Crippen molar-refractivity contribution in [1.29, 1.82) is 0 Å². The Labute approximate surface area is 137 Å². The highest BCUT2D eigenvalue weighted by Crippen LogP contribution is 2.25. The molecule has 6 nitrogen and oxygen atoms in total. The molecule has 0 spiro atoms. The van der Waals surface area contributed by atoms with E-state index in [2.05, 4.69) is 21.7 Å². The average Bonchev–Trinajstić information content (AvgIpc) is 3.20. The molecule has 0 atom stereocenters. The second kappa shape index (κ2) is 7.06. The summed E-state index contributed by atoms with van der Waals surface area (Å²) in [6.07, 6.45) is 1.70. The van der Waals surface area contributed by atoms with Crippen LogP contribution in [0.2, 0.25) is 0 Å². The molecule has 0 saturated carbocycles. The van der Waals surface area contributed by atoms with E-state index in [-0.39, 0.29) is 6.61 Å². The summed E-state index contributed by atoms with van der Waals surface area (Å²) in [5.74, 6) is 2.42. The molecule has 23 heavy (non-hydrogen) atoms. The van der Waals surface area contributed by atoms with Gasteiger partial charge in [0, 0.05) is 0 Å². The summed E-state index contributed by atoms with van der Waals surface area (Å²) in [5, 5.41) is 3.92. The summed E-state index contributed by atoms with van der Waals surface area (Å²) in [7, 11) is 0. The number of benzene rings is 1. The van der Waals surface area contributed by atoms with Gasteiger partial charge in [-0.15, -0.1) is 11.3 Å². The maximum atomic E-state index is 5.64. The van der Waals surface area contributed by atoms with Gasteiger partial charge in [-0.2, -0.15) is 4.98 Å². The highest BCUT2D eigenvalue weighted by molar-refractivity contribution is 7.13. The van der Waals surface area contributed by atoms with E-state index in [1.165, 1.54) is 11.3 Å². The maximum Gasteiger partial charge on any atom is 0.270 e. The molecule has 118 valence electrons. The largest absolute Gasteiger partial charge is 0.490 e. The maximum absolute atomic E-state index is 5.64. The number of hydrogen-bond acceptors (Lipinski definition) is 7. The third-order valence-electron chi connectivity index (χ3n) is 2.97. The van der Waals surface area contributed by atoms with Crippen molar-refractivity contribution in [1.82, 2.24) is 15.1 Å². The lowest BCUT2D eigenvalue weighted by Gasteiger charge is -2.05. The van der Waals surface area contributed by atoms with Gasteiger partial charge in [0.2, 0.25) is 5.82 Å². The molecular formula is C16H15N3O3S. The van der Waals surface area contributed by atoms with Gasteiger partial charge in [-0.05, 0) is 31.2 Å². The van der Waals surface area contributed by atoms with Crippen molar-refractivity contribution < 1.29 is 14.0 Å². The topological polar surface area (TPSA) is 70.3 Å². The molecule has 2 heterocycles. The Morgan fingerprint density at radius 2 is 1.96 bits per heavy atom. The van der Waals surface area contributed by atoms with Crippen LogP contribution in [0.3, 0.4) is 0 Å². The van der Waals surface area contributed by atoms with Crippen molar-refractivity contribution in [2.24, 2.45) is 0 Å². The molecule has 0 fully saturated rings. The molecule has 0 amide bonds. The molecule has 2 aromatic heterocycles. The van der Waals surface area contributed by atoms with Gasteiger partial charge < -0.3 is 14.0 Å². The van der Waals surface area contributed by atoms with Gasteiger partial charge in [-0.25, -0.2) is 4.98 Å². The van der Waals surface area contributed by atoms with E-state index >= 15 is 0 Å². The average molecular weight is 329 g/mol. The molecule has 3 aromatic rings. The Morgan fingerprint density at radius 3 is 2.61 bits per heavy atom. The molecule has 1 aromatic carbocycles. The predicted octanol–water partition coefficient (Wildman–Crippen LogP) is 3.65. The Kier molecular flexibility index (Phi) is 4.68. The van der Waals surface area contributed by atoms with E-state index < -0.39 is 0 Å². The normalized spacial score (nSPS) is 10.5. The second-order valence-corrected chi connectivity index (χ2v) is 5.50. The summed E-state index contributed by atoms with van der Waals surface area (Å²) in [5.41, 5.74) is 2.63. The lowest BCUT2D eigenvalue weighted by atomic mass is 10.3. The number of hydrogen-bond donors (Lipinski definition) is 0. The molecule has 0 aliphatic heterocycles. The first-order valence-corrected chi connectivity index (χ1v) is 7.84. The molecule has 3 rings (SSSR count).